The summed E-state index contributed by atoms with van der Waals surface area (Å²) in [5.74, 6) is -0.869. The van der Waals surface area contributed by atoms with Crippen LogP contribution < -0.4 is 4.90 Å². The van der Waals surface area contributed by atoms with E-state index in [2.05, 4.69) is 9.72 Å². The van der Waals surface area contributed by atoms with Crippen molar-refractivity contribution in [1.29, 1.82) is 0 Å². The molecule has 1 aliphatic carbocycles. The molecule has 114 valence electrons. The van der Waals surface area contributed by atoms with Crippen molar-refractivity contribution in [3.05, 3.63) is 59.5 Å². The fourth-order valence-corrected chi connectivity index (χ4v) is 2.79. The highest BCUT2D eigenvalue weighted by atomic mass is 19.1. The third-order valence-electron chi connectivity index (χ3n) is 4.24. The Morgan fingerprint density at radius 1 is 1.32 bits per heavy atom. The number of aromatic nitrogens is 1. The van der Waals surface area contributed by atoms with Gasteiger partial charge in [0.15, 0.2) is 11.6 Å². The third kappa shape index (κ3) is 2.32. The Morgan fingerprint density at radius 2 is 2.00 bits per heavy atom. The molecule has 5 heteroatoms. The predicted molar refractivity (Wildman–Crippen MR) is 81.3 cm³/mol. The minimum Gasteiger partial charge on any atom is -0.465 e. The zero-order chi connectivity index (χ0) is 15.7. The number of methoxy groups -OCH3 is 1. The predicted octanol–water partition coefficient (Wildman–Crippen LogP) is 3.13. The number of carbonyl (C=O) groups is 1. The summed E-state index contributed by atoms with van der Waals surface area (Å²) >= 11 is 0. The zero-order valence-corrected chi connectivity index (χ0v) is 12.5. The molecular formula is C17H17FN2O2. The van der Waals surface area contributed by atoms with Crippen LogP contribution in [0.4, 0.5) is 10.2 Å². The van der Waals surface area contributed by atoms with Crippen LogP contribution in [0.25, 0.3) is 0 Å². The number of hydrogen-bond acceptors (Lipinski definition) is 4. The lowest BCUT2D eigenvalue weighted by Gasteiger charge is -2.30. The third-order valence-corrected chi connectivity index (χ3v) is 4.24. The Hall–Kier alpha value is -2.43. The second-order valence-electron chi connectivity index (χ2n) is 5.48. The summed E-state index contributed by atoms with van der Waals surface area (Å²) in [5, 5.41) is 0. The molecule has 0 N–H and O–H groups in total. The molecule has 0 saturated heterocycles. The highest BCUT2D eigenvalue weighted by Gasteiger charge is 2.49. The molecule has 0 atom stereocenters. The normalized spacial score (nSPS) is 15.2. The van der Waals surface area contributed by atoms with Crippen molar-refractivity contribution in [2.24, 2.45) is 0 Å². The molecule has 1 fully saturated rings. The molecule has 22 heavy (non-hydrogen) atoms. The van der Waals surface area contributed by atoms with Gasteiger partial charge in [0.25, 0.3) is 0 Å². The first-order chi connectivity index (χ1) is 10.6. The fraction of sp³-hybridized carbons (Fsp3) is 0.294. The molecule has 1 heterocycles. The van der Waals surface area contributed by atoms with Gasteiger partial charge in [-0.2, -0.15) is 0 Å². The summed E-state index contributed by atoms with van der Waals surface area (Å²) < 4.78 is 18.9. The first-order valence-electron chi connectivity index (χ1n) is 7.12. The van der Waals surface area contributed by atoms with E-state index in [0.29, 0.717) is 0 Å². The molecular weight excluding hydrogens is 283 g/mol. The van der Waals surface area contributed by atoms with Crippen molar-refractivity contribution in [3.8, 4) is 0 Å². The number of halogens is 1. The van der Waals surface area contributed by atoms with Gasteiger partial charge in [-0.1, -0.05) is 30.3 Å². The van der Waals surface area contributed by atoms with Gasteiger partial charge in [-0.15, -0.1) is 0 Å². The smallest absolute Gasteiger partial charge is 0.339 e. The summed E-state index contributed by atoms with van der Waals surface area (Å²) in [6.45, 7) is 0. The number of benzene rings is 1. The Labute approximate surface area is 128 Å². The molecule has 1 aromatic heterocycles. The van der Waals surface area contributed by atoms with E-state index < -0.39 is 11.8 Å². The summed E-state index contributed by atoms with van der Waals surface area (Å²) in [4.78, 5) is 17.4. The van der Waals surface area contributed by atoms with E-state index >= 15 is 0 Å². The topological polar surface area (TPSA) is 42.4 Å². The van der Waals surface area contributed by atoms with Gasteiger partial charge >= 0.3 is 5.97 Å². The maximum atomic E-state index is 14.4. The molecule has 0 bridgehead atoms. The van der Waals surface area contributed by atoms with Gasteiger partial charge in [-0.3, -0.25) is 0 Å². The number of anilines is 1. The van der Waals surface area contributed by atoms with Crippen LogP contribution in [-0.2, 0) is 10.3 Å². The molecule has 1 saturated carbocycles. The van der Waals surface area contributed by atoms with Crippen molar-refractivity contribution in [2.75, 3.05) is 19.1 Å². The molecule has 4 nitrogen and oxygen atoms in total. The molecule has 0 amide bonds. The summed E-state index contributed by atoms with van der Waals surface area (Å²) in [5.41, 5.74) is 1.06. The minimum absolute atomic E-state index is 0.113. The number of ether oxygens (including phenoxy) is 1. The molecule has 0 radical (unpaired) electrons. The van der Waals surface area contributed by atoms with Gasteiger partial charge in [-0.05, 0) is 24.5 Å². The Balaban J connectivity index is 1.93. The number of rotatable bonds is 4. The van der Waals surface area contributed by atoms with Gasteiger partial charge in [0.1, 0.15) is 0 Å². The summed E-state index contributed by atoms with van der Waals surface area (Å²) in [6, 6.07) is 11.2. The van der Waals surface area contributed by atoms with Crippen LogP contribution in [0.2, 0.25) is 0 Å². The molecule has 0 aliphatic heterocycles. The average Bonchev–Trinajstić information content (AvgIpc) is 3.36. The second-order valence-corrected chi connectivity index (χ2v) is 5.48. The molecule has 3 rings (SSSR count). The van der Waals surface area contributed by atoms with E-state index in [0.717, 1.165) is 18.4 Å². The van der Waals surface area contributed by atoms with Crippen LogP contribution in [0, 0.1) is 5.82 Å². The van der Waals surface area contributed by atoms with Gasteiger partial charge in [0.05, 0.1) is 18.2 Å². The average molecular weight is 300 g/mol. The lowest BCUT2D eigenvalue weighted by atomic mass is 10.0. The Bertz CT molecular complexity index is 699. The van der Waals surface area contributed by atoms with E-state index in [4.69, 9.17) is 0 Å². The first-order valence-corrected chi connectivity index (χ1v) is 7.12. The summed E-state index contributed by atoms with van der Waals surface area (Å²) in [6.07, 6.45) is 3.25. The SMILES string of the molecule is COC(=O)c1cnc(N(C)C2(c3ccccc3)CC2)c(F)c1. The molecule has 2 aromatic rings. The number of pyridine rings is 1. The van der Waals surface area contributed by atoms with E-state index in [1.807, 2.05) is 42.3 Å². The second kappa shape index (κ2) is 5.40. The van der Waals surface area contributed by atoms with E-state index in [1.54, 1.807) is 0 Å². The zero-order valence-electron chi connectivity index (χ0n) is 12.5. The van der Waals surface area contributed by atoms with Crippen molar-refractivity contribution in [1.82, 2.24) is 4.98 Å². The van der Waals surface area contributed by atoms with Gasteiger partial charge in [0, 0.05) is 13.2 Å². The number of carbonyl (C=O) groups excluding carboxylic acids is 1. The number of hydrogen-bond donors (Lipinski definition) is 0. The van der Waals surface area contributed by atoms with Crippen LogP contribution in [0.3, 0.4) is 0 Å². The van der Waals surface area contributed by atoms with Crippen molar-refractivity contribution < 1.29 is 13.9 Å². The van der Waals surface area contributed by atoms with Crippen LogP contribution in [0.15, 0.2) is 42.6 Å². The first kappa shape index (κ1) is 14.5. The molecule has 1 aliphatic rings. The van der Waals surface area contributed by atoms with Crippen molar-refractivity contribution in [3.63, 3.8) is 0 Å². The van der Waals surface area contributed by atoms with Gasteiger partial charge in [-0.25, -0.2) is 14.2 Å². The Morgan fingerprint density at radius 3 is 2.55 bits per heavy atom. The van der Waals surface area contributed by atoms with E-state index in [1.165, 1.54) is 19.4 Å². The standard InChI is InChI=1S/C17H17FN2O2/c1-20(17(8-9-17)13-6-4-3-5-7-13)15-14(18)10-12(11-19-15)16(21)22-2/h3-7,10-11H,8-9H2,1-2H3. The lowest BCUT2D eigenvalue weighted by Crippen LogP contribution is -2.33. The maximum Gasteiger partial charge on any atom is 0.339 e. The largest absolute Gasteiger partial charge is 0.465 e. The molecule has 0 spiro atoms. The van der Waals surface area contributed by atoms with Crippen LogP contribution in [0.1, 0.15) is 28.8 Å². The monoisotopic (exact) mass is 300 g/mol. The quantitative estimate of drug-likeness (QED) is 0.814. The van der Waals surface area contributed by atoms with Crippen LogP contribution in [0.5, 0.6) is 0 Å². The summed E-state index contributed by atoms with van der Waals surface area (Å²) in [7, 11) is 3.10. The van der Waals surface area contributed by atoms with E-state index in [-0.39, 0.29) is 16.9 Å². The van der Waals surface area contributed by atoms with Gasteiger partial charge < -0.3 is 9.64 Å². The Kier molecular flexibility index (Phi) is 3.56. The fourth-order valence-electron chi connectivity index (χ4n) is 2.79. The number of esters is 1. The van der Waals surface area contributed by atoms with Crippen LogP contribution in [-0.4, -0.2) is 25.1 Å². The highest BCUT2D eigenvalue weighted by molar-refractivity contribution is 5.89. The van der Waals surface area contributed by atoms with Gasteiger partial charge in [0.2, 0.25) is 0 Å². The number of nitrogens with zero attached hydrogens (tertiary/aromatic N) is 2. The lowest BCUT2D eigenvalue weighted by molar-refractivity contribution is 0.0599. The van der Waals surface area contributed by atoms with Crippen molar-refractivity contribution >= 4 is 11.8 Å². The van der Waals surface area contributed by atoms with E-state index in [9.17, 15) is 9.18 Å². The minimum atomic E-state index is -0.593. The highest BCUT2D eigenvalue weighted by Crippen LogP contribution is 2.51. The van der Waals surface area contributed by atoms with Crippen molar-refractivity contribution in [2.45, 2.75) is 18.4 Å². The molecule has 1 aromatic carbocycles. The van der Waals surface area contributed by atoms with Crippen LogP contribution >= 0.6 is 0 Å². The maximum absolute atomic E-state index is 14.4. The molecule has 0 unspecified atom stereocenters.